The van der Waals surface area contributed by atoms with Crippen LogP contribution in [0, 0.1) is 0 Å². The summed E-state index contributed by atoms with van der Waals surface area (Å²) in [6.07, 6.45) is 2.30. The van der Waals surface area contributed by atoms with Gasteiger partial charge in [-0.2, -0.15) is 0 Å². The Morgan fingerprint density at radius 3 is 2.52 bits per heavy atom. The number of carbonyl (C=O) groups excluding carboxylic acids is 2. The highest BCUT2D eigenvalue weighted by atomic mass is 35.5. The highest BCUT2D eigenvalue weighted by Crippen LogP contribution is 2.12. The summed E-state index contributed by atoms with van der Waals surface area (Å²) in [5, 5.41) is 3.01. The van der Waals surface area contributed by atoms with Crippen LogP contribution in [0.15, 0.2) is 30.3 Å². The van der Waals surface area contributed by atoms with Crippen LogP contribution in [0.4, 0.5) is 0 Å². The Morgan fingerprint density at radius 2 is 1.87 bits per heavy atom. The van der Waals surface area contributed by atoms with Gasteiger partial charge in [-0.1, -0.05) is 18.2 Å². The molecule has 1 aliphatic heterocycles. The van der Waals surface area contributed by atoms with Gasteiger partial charge >= 0.3 is 0 Å². The van der Waals surface area contributed by atoms with Crippen molar-refractivity contribution in [1.29, 1.82) is 0 Å². The van der Waals surface area contributed by atoms with E-state index in [0.717, 1.165) is 18.6 Å². The zero-order valence-corrected chi connectivity index (χ0v) is 13.9. The Labute approximate surface area is 141 Å². The first-order valence-electron chi connectivity index (χ1n) is 8.00. The second-order valence-corrected chi connectivity index (χ2v) is 5.95. The highest BCUT2D eigenvalue weighted by molar-refractivity contribution is 6.18. The Kier molecular flexibility index (Phi) is 7.20. The summed E-state index contributed by atoms with van der Waals surface area (Å²) in [6, 6.07) is 9.59. The zero-order valence-electron chi connectivity index (χ0n) is 13.2. The van der Waals surface area contributed by atoms with E-state index < -0.39 is 0 Å². The molecule has 1 heterocycles. The van der Waals surface area contributed by atoms with Gasteiger partial charge in [0.05, 0.1) is 13.0 Å². The van der Waals surface area contributed by atoms with Gasteiger partial charge in [-0.25, -0.2) is 0 Å². The number of alkyl halides is 1. The Hall–Kier alpha value is -1.75. The predicted molar refractivity (Wildman–Crippen MR) is 89.6 cm³/mol. The number of ether oxygens (including phenoxy) is 1. The molecule has 0 spiro atoms. The van der Waals surface area contributed by atoms with Crippen LogP contribution in [0.1, 0.15) is 25.7 Å². The first kappa shape index (κ1) is 17.6. The van der Waals surface area contributed by atoms with Crippen molar-refractivity contribution in [1.82, 2.24) is 10.2 Å². The molecule has 1 aromatic rings. The van der Waals surface area contributed by atoms with E-state index in [9.17, 15) is 9.59 Å². The molecule has 0 unspecified atom stereocenters. The fourth-order valence-corrected chi connectivity index (χ4v) is 2.75. The van der Waals surface area contributed by atoms with E-state index in [2.05, 4.69) is 5.32 Å². The number of carbonyl (C=O) groups is 2. The van der Waals surface area contributed by atoms with E-state index in [1.54, 1.807) is 0 Å². The quantitative estimate of drug-likeness (QED) is 0.775. The predicted octanol–water partition coefficient (Wildman–Crippen LogP) is 2.19. The number of piperidine rings is 1. The van der Waals surface area contributed by atoms with Crippen molar-refractivity contribution >= 4 is 23.4 Å². The first-order chi connectivity index (χ1) is 11.2. The molecule has 1 aromatic carbocycles. The SMILES string of the molecule is O=C(CCOc1ccccc1)NC1CCN(C(=O)CCCl)CC1. The lowest BCUT2D eigenvalue weighted by atomic mass is 10.0. The van der Waals surface area contributed by atoms with Crippen LogP contribution in [0.5, 0.6) is 5.75 Å². The van der Waals surface area contributed by atoms with Gasteiger partial charge in [0.1, 0.15) is 5.75 Å². The maximum atomic E-state index is 11.9. The van der Waals surface area contributed by atoms with Gasteiger partial charge in [0, 0.05) is 31.4 Å². The van der Waals surface area contributed by atoms with Crippen LogP contribution in [0.3, 0.4) is 0 Å². The minimum atomic E-state index is -0.00790. The number of nitrogens with zero attached hydrogens (tertiary/aromatic N) is 1. The molecule has 0 atom stereocenters. The molecule has 0 aromatic heterocycles. The number of hydrogen-bond acceptors (Lipinski definition) is 3. The maximum absolute atomic E-state index is 11.9. The van der Waals surface area contributed by atoms with Gasteiger partial charge in [0.15, 0.2) is 0 Å². The average molecular weight is 339 g/mol. The van der Waals surface area contributed by atoms with Gasteiger partial charge < -0.3 is 15.0 Å². The van der Waals surface area contributed by atoms with Crippen molar-refractivity contribution < 1.29 is 14.3 Å². The summed E-state index contributed by atoms with van der Waals surface area (Å²) in [5.74, 6) is 1.22. The lowest BCUT2D eigenvalue weighted by Crippen LogP contribution is -2.46. The van der Waals surface area contributed by atoms with Crippen LogP contribution >= 0.6 is 11.6 Å². The second-order valence-electron chi connectivity index (χ2n) is 5.57. The summed E-state index contributed by atoms with van der Waals surface area (Å²) in [6.45, 7) is 1.73. The normalized spacial score (nSPS) is 15.3. The van der Waals surface area contributed by atoms with Crippen LogP contribution in [0.2, 0.25) is 0 Å². The number of para-hydroxylation sites is 1. The molecule has 0 saturated carbocycles. The van der Waals surface area contributed by atoms with Gasteiger partial charge in [-0.3, -0.25) is 9.59 Å². The standard InChI is InChI=1S/C17H23ClN2O3/c18-10-6-17(22)20-11-7-14(8-12-20)19-16(21)9-13-23-15-4-2-1-3-5-15/h1-5,14H,6-13H2,(H,19,21). The molecule has 1 N–H and O–H groups in total. The van der Waals surface area contributed by atoms with Gasteiger partial charge in [-0.15, -0.1) is 11.6 Å². The third kappa shape index (κ3) is 6.10. The Bertz CT molecular complexity index is 502. The van der Waals surface area contributed by atoms with Gasteiger partial charge in [-0.05, 0) is 25.0 Å². The lowest BCUT2D eigenvalue weighted by molar-refractivity contribution is -0.132. The summed E-state index contributed by atoms with van der Waals surface area (Å²) in [7, 11) is 0. The molecule has 6 heteroatoms. The van der Waals surface area contributed by atoms with Crippen LogP contribution in [-0.4, -0.2) is 48.3 Å². The molecule has 23 heavy (non-hydrogen) atoms. The average Bonchev–Trinajstić information content (AvgIpc) is 2.57. The number of hydrogen-bond donors (Lipinski definition) is 1. The van der Waals surface area contributed by atoms with Crippen molar-refractivity contribution in [3.8, 4) is 5.75 Å². The Balaban J connectivity index is 1.62. The molecule has 5 nitrogen and oxygen atoms in total. The molecule has 1 aliphatic rings. The molecule has 1 saturated heterocycles. The molecular formula is C17H23ClN2O3. The minimum absolute atomic E-state index is 0.00790. The summed E-state index contributed by atoms with van der Waals surface area (Å²) in [5.41, 5.74) is 0. The maximum Gasteiger partial charge on any atom is 0.223 e. The first-order valence-corrected chi connectivity index (χ1v) is 8.53. The van der Waals surface area contributed by atoms with Crippen molar-refractivity contribution in [2.45, 2.75) is 31.7 Å². The van der Waals surface area contributed by atoms with E-state index in [1.165, 1.54) is 0 Å². The second kappa shape index (κ2) is 9.40. The Morgan fingerprint density at radius 1 is 1.17 bits per heavy atom. The van der Waals surface area contributed by atoms with Gasteiger partial charge in [0.2, 0.25) is 11.8 Å². The van der Waals surface area contributed by atoms with E-state index >= 15 is 0 Å². The number of likely N-dealkylation sites (tertiary alicyclic amines) is 1. The number of halogens is 1. The van der Waals surface area contributed by atoms with E-state index in [4.69, 9.17) is 16.3 Å². The van der Waals surface area contributed by atoms with Crippen molar-refractivity contribution in [3.63, 3.8) is 0 Å². The number of benzene rings is 1. The van der Waals surface area contributed by atoms with Crippen LogP contribution in [-0.2, 0) is 9.59 Å². The number of rotatable bonds is 7. The van der Waals surface area contributed by atoms with Crippen LogP contribution in [0.25, 0.3) is 0 Å². The number of nitrogens with one attached hydrogen (secondary N) is 1. The largest absolute Gasteiger partial charge is 0.493 e. The third-order valence-electron chi connectivity index (χ3n) is 3.86. The summed E-state index contributed by atoms with van der Waals surface area (Å²) < 4.78 is 5.52. The van der Waals surface area contributed by atoms with Gasteiger partial charge in [0.25, 0.3) is 0 Å². The van der Waals surface area contributed by atoms with E-state index in [0.29, 0.717) is 38.4 Å². The van der Waals surface area contributed by atoms with Crippen molar-refractivity contribution in [2.24, 2.45) is 0 Å². The van der Waals surface area contributed by atoms with Crippen molar-refractivity contribution in [3.05, 3.63) is 30.3 Å². The third-order valence-corrected chi connectivity index (χ3v) is 4.05. The lowest BCUT2D eigenvalue weighted by Gasteiger charge is -2.32. The molecule has 1 fully saturated rings. The summed E-state index contributed by atoms with van der Waals surface area (Å²) >= 11 is 5.59. The van der Waals surface area contributed by atoms with Crippen LogP contribution < -0.4 is 10.1 Å². The fraction of sp³-hybridized carbons (Fsp3) is 0.529. The minimum Gasteiger partial charge on any atom is -0.493 e. The zero-order chi connectivity index (χ0) is 16.5. The van der Waals surface area contributed by atoms with E-state index in [1.807, 2.05) is 35.2 Å². The fourth-order valence-electron chi connectivity index (χ4n) is 2.59. The van der Waals surface area contributed by atoms with E-state index in [-0.39, 0.29) is 17.9 Å². The molecule has 0 aliphatic carbocycles. The molecule has 0 bridgehead atoms. The summed E-state index contributed by atoms with van der Waals surface area (Å²) in [4.78, 5) is 25.5. The van der Waals surface area contributed by atoms with Crippen molar-refractivity contribution in [2.75, 3.05) is 25.6 Å². The highest BCUT2D eigenvalue weighted by Gasteiger charge is 2.23. The molecular weight excluding hydrogens is 316 g/mol. The smallest absolute Gasteiger partial charge is 0.223 e. The molecule has 2 amide bonds. The topological polar surface area (TPSA) is 58.6 Å². The molecule has 126 valence electrons. The molecule has 0 radical (unpaired) electrons. The molecule has 2 rings (SSSR count). The number of amides is 2. The monoisotopic (exact) mass is 338 g/mol.